The minimum absolute atomic E-state index is 0.706. The highest BCUT2D eigenvalue weighted by molar-refractivity contribution is 5.31. The van der Waals surface area contributed by atoms with Crippen molar-refractivity contribution >= 4 is 0 Å². The first-order valence-corrected chi connectivity index (χ1v) is 5.93. The third kappa shape index (κ3) is 2.11. The molecule has 0 bridgehead atoms. The highest BCUT2D eigenvalue weighted by Crippen LogP contribution is 2.13. The van der Waals surface area contributed by atoms with Crippen molar-refractivity contribution in [3.8, 4) is 6.07 Å². The Hall–Kier alpha value is -2.19. The lowest BCUT2D eigenvalue weighted by Crippen LogP contribution is -2.33. The summed E-state index contributed by atoms with van der Waals surface area (Å²) in [5.74, 6) is 1.02. The van der Waals surface area contributed by atoms with Gasteiger partial charge in [0.15, 0.2) is 0 Å². The largest absolute Gasteiger partial charge is 0.315 e. The molecule has 0 N–H and O–H groups in total. The van der Waals surface area contributed by atoms with Crippen LogP contribution in [0, 0.1) is 11.3 Å². The molecule has 1 aliphatic rings. The van der Waals surface area contributed by atoms with E-state index >= 15 is 0 Å². The van der Waals surface area contributed by atoms with Crippen molar-refractivity contribution in [2.24, 2.45) is 0 Å². The van der Waals surface area contributed by atoms with E-state index in [0.29, 0.717) is 5.56 Å². The summed E-state index contributed by atoms with van der Waals surface area (Å²) >= 11 is 0. The first-order chi connectivity index (χ1) is 8.85. The van der Waals surface area contributed by atoms with E-state index in [0.717, 1.165) is 32.0 Å². The fourth-order valence-corrected chi connectivity index (χ4v) is 2.19. The Balaban J connectivity index is 1.69. The number of aromatic nitrogens is 3. The van der Waals surface area contributed by atoms with Gasteiger partial charge in [0.2, 0.25) is 0 Å². The predicted octanol–water partition coefficient (Wildman–Crippen LogP) is 1.17. The van der Waals surface area contributed by atoms with Crippen molar-refractivity contribution in [3.05, 3.63) is 47.5 Å². The van der Waals surface area contributed by atoms with Crippen LogP contribution in [0.2, 0.25) is 0 Å². The highest BCUT2D eigenvalue weighted by Gasteiger charge is 2.17. The molecule has 3 rings (SSSR count). The third-order valence-corrected chi connectivity index (χ3v) is 3.21. The maximum Gasteiger partial charge on any atom is 0.147 e. The zero-order chi connectivity index (χ0) is 12.4. The van der Waals surface area contributed by atoms with Gasteiger partial charge in [-0.25, -0.2) is 0 Å². The predicted molar refractivity (Wildman–Crippen MR) is 65.3 cm³/mol. The van der Waals surface area contributed by atoms with Gasteiger partial charge in [0.05, 0.1) is 18.2 Å². The molecule has 1 aromatic carbocycles. The SMILES string of the molecule is N#Cc1ccc(CN2CCn3cnnc3C2)cc1. The van der Waals surface area contributed by atoms with Crippen LogP contribution < -0.4 is 0 Å². The molecule has 5 heteroatoms. The molecular weight excluding hydrogens is 226 g/mol. The maximum atomic E-state index is 8.76. The Labute approximate surface area is 105 Å². The second-order valence-corrected chi connectivity index (χ2v) is 4.46. The highest BCUT2D eigenvalue weighted by atomic mass is 15.3. The van der Waals surface area contributed by atoms with E-state index in [1.54, 1.807) is 6.33 Å². The molecule has 0 amide bonds. The topological polar surface area (TPSA) is 57.7 Å². The molecule has 1 aromatic heterocycles. The van der Waals surface area contributed by atoms with Gasteiger partial charge in [0, 0.05) is 19.6 Å². The number of nitrogens with zero attached hydrogens (tertiary/aromatic N) is 5. The first-order valence-electron chi connectivity index (χ1n) is 5.93. The number of benzene rings is 1. The van der Waals surface area contributed by atoms with Crippen molar-refractivity contribution in [2.75, 3.05) is 6.54 Å². The van der Waals surface area contributed by atoms with Crippen LogP contribution in [-0.2, 0) is 19.6 Å². The summed E-state index contributed by atoms with van der Waals surface area (Å²) in [6.45, 7) is 3.67. The Bertz CT molecular complexity index is 578. The average molecular weight is 239 g/mol. The van der Waals surface area contributed by atoms with Crippen LogP contribution in [0.4, 0.5) is 0 Å². The molecule has 2 aromatic rings. The summed E-state index contributed by atoms with van der Waals surface area (Å²) in [5.41, 5.74) is 1.93. The standard InChI is InChI=1S/C13H13N5/c14-7-11-1-3-12(4-2-11)8-17-5-6-18-10-15-16-13(18)9-17/h1-4,10H,5-6,8-9H2. The fourth-order valence-electron chi connectivity index (χ4n) is 2.19. The summed E-state index contributed by atoms with van der Waals surface area (Å²) in [4.78, 5) is 2.34. The number of fused-ring (bicyclic) bond motifs is 1. The monoisotopic (exact) mass is 239 g/mol. The van der Waals surface area contributed by atoms with Gasteiger partial charge in [-0.3, -0.25) is 4.90 Å². The summed E-state index contributed by atoms with van der Waals surface area (Å²) < 4.78 is 2.09. The summed E-state index contributed by atoms with van der Waals surface area (Å²) in [7, 11) is 0. The Kier molecular flexibility index (Phi) is 2.79. The minimum atomic E-state index is 0.706. The molecule has 0 atom stereocenters. The van der Waals surface area contributed by atoms with E-state index in [2.05, 4.69) is 25.7 Å². The van der Waals surface area contributed by atoms with Gasteiger partial charge < -0.3 is 4.57 Å². The van der Waals surface area contributed by atoms with Crippen LogP contribution >= 0.6 is 0 Å². The molecule has 1 aliphatic heterocycles. The average Bonchev–Trinajstić information content (AvgIpc) is 2.87. The third-order valence-electron chi connectivity index (χ3n) is 3.21. The maximum absolute atomic E-state index is 8.76. The summed E-state index contributed by atoms with van der Waals surface area (Å²) in [6, 6.07) is 9.88. The lowest BCUT2D eigenvalue weighted by atomic mass is 10.1. The summed E-state index contributed by atoms with van der Waals surface area (Å²) in [5, 5.41) is 16.8. The van der Waals surface area contributed by atoms with Crippen LogP contribution in [0.15, 0.2) is 30.6 Å². The molecular formula is C13H13N5. The van der Waals surface area contributed by atoms with Crippen molar-refractivity contribution < 1.29 is 0 Å². The second-order valence-electron chi connectivity index (χ2n) is 4.46. The molecule has 0 fully saturated rings. The Morgan fingerprint density at radius 1 is 1.22 bits per heavy atom. The molecule has 0 radical (unpaired) electrons. The Morgan fingerprint density at radius 2 is 2.06 bits per heavy atom. The zero-order valence-corrected chi connectivity index (χ0v) is 9.95. The first kappa shape index (κ1) is 10.9. The van der Waals surface area contributed by atoms with Gasteiger partial charge in [-0.15, -0.1) is 10.2 Å². The fraction of sp³-hybridized carbons (Fsp3) is 0.308. The van der Waals surface area contributed by atoms with E-state index in [4.69, 9.17) is 5.26 Å². The van der Waals surface area contributed by atoms with Crippen LogP contribution in [-0.4, -0.2) is 26.2 Å². The number of rotatable bonds is 2. The zero-order valence-electron chi connectivity index (χ0n) is 9.95. The molecule has 0 unspecified atom stereocenters. The van der Waals surface area contributed by atoms with Crippen molar-refractivity contribution in [2.45, 2.75) is 19.6 Å². The number of nitriles is 1. The summed E-state index contributed by atoms with van der Waals surface area (Å²) in [6.07, 6.45) is 1.79. The van der Waals surface area contributed by atoms with Crippen LogP contribution in [0.1, 0.15) is 17.0 Å². The van der Waals surface area contributed by atoms with E-state index in [9.17, 15) is 0 Å². The molecule has 2 heterocycles. The number of hydrogen-bond donors (Lipinski definition) is 0. The molecule has 5 nitrogen and oxygen atoms in total. The van der Waals surface area contributed by atoms with Crippen molar-refractivity contribution in [1.29, 1.82) is 5.26 Å². The molecule has 0 spiro atoms. The smallest absolute Gasteiger partial charge is 0.147 e. The van der Waals surface area contributed by atoms with Crippen LogP contribution in [0.3, 0.4) is 0 Å². The van der Waals surface area contributed by atoms with Gasteiger partial charge in [0.25, 0.3) is 0 Å². The van der Waals surface area contributed by atoms with Crippen LogP contribution in [0.25, 0.3) is 0 Å². The normalized spacial score (nSPS) is 15.1. The molecule has 0 saturated carbocycles. The number of hydrogen-bond acceptors (Lipinski definition) is 4. The lowest BCUT2D eigenvalue weighted by molar-refractivity contribution is 0.209. The lowest BCUT2D eigenvalue weighted by Gasteiger charge is -2.26. The minimum Gasteiger partial charge on any atom is -0.315 e. The van der Waals surface area contributed by atoms with Gasteiger partial charge in [-0.1, -0.05) is 12.1 Å². The second kappa shape index (κ2) is 4.59. The molecule has 90 valence electrons. The van der Waals surface area contributed by atoms with E-state index in [1.165, 1.54) is 5.56 Å². The van der Waals surface area contributed by atoms with Gasteiger partial charge in [-0.2, -0.15) is 5.26 Å². The van der Waals surface area contributed by atoms with Gasteiger partial charge in [-0.05, 0) is 17.7 Å². The quantitative estimate of drug-likeness (QED) is 0.789. The van der Waals surface area contributed by atoms with E-state index < -0.39 is 0 Å². The van der Waals surface area contributed by atoms with E-state index in [1.807, 2.05) is 24.3 Å². The Morgan fingerprint density at radius 3 is 2.83 bits per heavy atom. The van der Waals surface area contributed by atoms with Crippen molar-refractivity contribution in [1.82, 2.24) is 19.7 Å². The molecule has 18 heavy (non-hydrogen) atoms. The van der Waals surface area contributed by atoms with Crippen LogP contribution in [0.5, 0.6) is 0 Å². The van der Waals surface area contributed by atoms with Gasteiger partial charge >= 0.3 is 0 Å². The van der Waals surface area contributed by atoms with Crippen molar-refractivity contribution in [3.63, 3.8) is 0 Å². The van der Waals surface area contributed by atoms with Gasteiger partial charge in [0.1, 0.15) is 12.2 Å². The van der Waals surface area contributed by atoms with E-state index in [-0.39, 0.29) is 0 Å². The molecule has 0 aliphatic carbocycles. The molecule has 0 saturated heterocycles.